The molecule has 0 atom stereocenters. The third kappa shape index (κ3) is 9.28. The Kier molecular flexibility index (Phi) is 10.8. The molecule has 12 heteroatoms. The summed E-state index contributed by atoms with van der Waals surface area (Å²) in [4.78, 5) is 15.4. The number of alkyl carbamates (subject to hydrolysis) is 1. The molecule has 0 aliphatic rings. The minimum Gasteiger partial charge on any atom is -0.445 e. The first-order valence-electron chi connectivity index (χ1n) is 13.6. The summed E-state index contributed by atoms with van der Waals surface area (Å²) in [5.41, 5.74) is 0.919. The van der Waals surface area contributed by atoms with Crippen LogP contribution in [0.2, 0.25) is 0 Å². The van der Waals surface area contributed by atoms with E-state index in [0.717, 1.165) is 31.2 Å². The number of carbonyl (C=O) groups excluding carboxylic acids is 1. The Morgan fingerprint density at radius 1 is 0.850 bits per heavy atom. The smallest absolute Gasteiger partial charge is 0.407 e. The summed E-state index contributed by atoms with van der Waals surface area (Å²) in [5.74, 6) is -1.12. The summed E-state index contributed by atoms with van der Waals surface area (Å²) in [6.07, 6.45) is 12.4. The van der Waals surface area contributed by atoms with E-state index in [1.165, 1.54) is 24.9 Å². The number of hydrogen-bond acceptors (Lipinski definition) is 3. The first kappa shape index (κ1) is 28.9. The average Bonchev–Trinajstić information content (AvgIpc) is 3.64. The van der Waals surface area contributed by atoms with Crippen molar-refractivity contribution in [2.24, 2.45) is 0 Å². The van der Waals surface area contributed by atoms with Crippen LogP contribution in [-0.4, -0.2) is 31.3 Å². The maximum atomic E-state index is 14.3. The lowest BCUT2D eigenvalue weighted by Crippen LogP contribution is -2.34. The molecular weight excluding hydrogens is 523 g/mol. The van der Waals surface area contributed by atoms with Crippen LogP contribution < -0.4 is 14.5 Å². The third-order valence-corrected chi connectivity index (χ3v) is 6.48. The lowest BCUT2D eigenvalue weighted by Gasteiger charge is -2.06. The van der Waals surface area contributed by atoms with Crippen LogP contribution in [0.4, 0.5) is 18.0 Å². The lowest BCUT2D eigenvalue weighted by molar-refractivity contribution is -0.698. The molecule has 4 aromatic rings. The van der Waals surface area contributed by atoms with Crippen LogP contribution in [0.15, 0.2) is 67.9 Å². The number of amides is 1. The molecule has 0 saturated heterocycles. The zero-order valence-electron chi connectivity index (χ0n) is 22.5. The minimum absolute atomic E-state index is 0.215. The zero-order valence-corrected chi connectivity index (χ0v) is 22.5. The van der Waals surface area contributed by atoms with Gasteiger partial charge in [0.25, 0.3) is 0 Å². The van der Waals surface area contributed by atoms with Crippen molar-refractivity contribution in [3.05, 3.63) is 91.3 Å². The van der Waals surface area contributed by atoms with E-state index in [-0.39, 0.29) is 18.5 Å². The van der Waals surface area contributed by atoms with E-state index in [4.69, 9.17) is 4.74 Å². The van der Waals surface area contributed by atoms with Gasteiger partial charge in [0, 0.05) is 19.5 Å². The van der Waals surface area contributed by atoms with Crippen LogP contribution in [0.3, 0.4) is 0 Å². The normalized spacial score (nSPS) is 11.2. The molecule has 40 heavy (non-hydrogen) atoms. The number of nitrogens with zero attached hydrogens (tertiary/aromatic N) is 6. The van der Waals surface area contributed by atoms with Crippen LogP contribution in [0.1, 0.15) is 37.7 Å². The van der Waals surface area contributed by atoms with Crippen molar-refractivity contribution in [3.63, 3.8) is 0 Å². The standard InChI is InChI=1S/C28H35F3N7O2/c29-25-17-34(21-33-25)12-4-6-15-37-22-35(18-26(37)30)13-5-7-16-38-23-36(19-27(38)31)14-8-11-32-28(39)40-20-24-9-2-1-3-10-24/h1-3,9-10,17-19,21-23H,4-8,11-16,20H2/q+1/p+1. The van der Waals surface area contributed by atoms with E-state index >= 15 is 0 Å². The summed E-state index contributed by atoms with van der Waals surface area (Å²) in [6.45, 7) is 3.52. The Balaban J connectivity index is 1.08. The largest absolute Gasteiger partial charge is 0.445 e. The van der Waals surface area contributed by atoms with Gasteiger partial charge in [0.15, 0.2) is 12.4 Å². The Morgan fingerprint density at radius 2 is 1.48 bits per heavy atom. The number of unbranched alkanes of at least 4 members (excludes halogenated alkanes) is 2. The van der Waals surface area contributed by atoms with Gasteiger partial charge in [-0.1, -0.05) is 30.3 Å². The number of nitrogens with one attached hydrogen (secondary N) is 1. The van der Waals surface area contributed by atoms with Crippen LogP contribution >= 0.6 is 0 Å². The van der Waals surface area contributed by atoms with Crippen molar-refractivity contribution in [3.8, 4) is 0 Å². The molecule has 3 aromatic heterocycles. The van der Waals surface area contributed by atoms with Crippen molar-refractivity contribution < 1.29 is 31.8 Å². The molecule has 0 fully saturated rings. The van der Waals surface area contributed by atoms with E-state index in [2.05, 4.69) is 10.3 Å². The Hall–Kier alpha value is -4.09. The van der Waals surface area contributed by atoms with Crippen LogP contribution in [0.5, 0.6) is 0 Å². The Bertz CT molecular complexity index is 1340. The van der Waals surface area contributed by atoms with E-state index < -0.39 is 12.0 Å². The number of halogens is 3. The van der Waals surface area contributed by atoms with Crippen LogP contribution in [0.25, 0.3) is 0 Å². The van der Waals surface area contributed by atoms with E-state index in [1.807, 2.05) is 34.9 Å². The van der Waals surface area contributed by atoms with Gasteiger partial charge in [-0.25, -0.2) is 28.0 Å². The quantitative estimate of drug-likeness (QED) is 0.168. The highest BCUT2D eigenvalue weighted by Gasteiger charge is 2.15. The molecule has 9 nitrogen and oxygen atoms in total. The molecule has 4 rings (SSSR count). The maximum absolute atomic E-state index is 14.3. The fourth-order valence-electron chi connectivity index (χ4n) is 4.37. The van der Waals surface area contributed by atoms with Crippen LogP contribution in [-0.2, 0) is 44.1 Å². The fraction of sp³-hybridized carbons (Fsp3) is 0.429. The highest BCUT2D eigenvalue weighted by Crippen LogP contribution is 2.05. The topological polar surface area (TPSA) is 73.8 Å². The second kappa shape index (κ2) is 14.9. The van der Waals surface area contributed by atoms with Gasteiger partial charge in [-0.05, 0) is 31.2 Å². The SMILES string of the molecule is O=C(NCCC[n+]1cc(F)n(CCCC[n+]2cc(F)n(CCCCn3cnc(F)c3)c2)c1)OCc1ccccc1. The highest BCUT2D eigenvalue weighted by molar-refractivity contribution is 5.67. The predicted octanol–water partition coefficient (Wildman–Crippen LogP) is 3.76. The van der Waals surface area contributed by atoms with Crippen molar-refractivity contribution >= 4 is 6.09 Å². The molecule has 0 radical (unpaired) electrons. The third-order valence-electron chi connectivity index (χ3n) is 6.48. The number of aromatic nitrogens is 6. The van der Waals surface area contributed by atoms with Gasteiger partial charge in [-0.2, -0.15) is 13.2 Å². The van der Waals surface area contributed by atoms with Gasteiger partial charge in [0.05, 0.1) is 38.7 Å². The molecule has 1 N–H and O–H groups in total. The highest BCUT2D eigenvalue weighted by atomic mass is 19.1. The second-order valence-corrected chi connectivity index (χ2v) is 9.69. The fourth-order valence-corrected chi connectivity index (χ4v) is 4.37. The van der Waals surface area contributed by atoms with Gasteiger partial charge < -0.3 is 14.6 Å². The van der Waals surface area contributed by atoms with Crippen LogP contribution in [0, 0.1) is 17.8 Å². The number of imidazole rings is 3. The predicted molar refractivity (Wildman–Crippen MR) is 139 cm³/mol. The summed E-state index contributed by atoms with van der Waals surface area (Å²) in [5, 5.41) is 2.71. The molecule has 0 saturated carbocycles. The average molecular weight is 560 g/mol. The molecular formula is C28H36F3N7O2+2. The molecule has 0 bridgehead atoms. The summed E-state index contributed by atoms with van der Waals surface area (Å²) in [7, 11) is 0. The molecule has 214 valence electrons. The number of rotatable bonds is 16. The molecule has 0 aliphatic heterocycles. The molecule has 0 unspecified atom stereocenters. The lowest BCUT2D eigenvalue weighted by atomic mass is 10.2. The van der Waals surface area contributed by atoms with Crippen molar-refractivity contribution in [2.45, 2.75) is 71.4 Å². The monoisotopic (exact) mass is 559 g/mol. The molecule has 1 amide bonds. The number of benzene rings is 1. The first-order chi connectivity index (χ1) is 19.5. The number of ether oxygens (including phenoxy) is 1. The zero-order chi connectivity index (χ0) is 28.2. The van der Waals surface area contributed by atoms with Crippen molar-refractivity contribution in [2.75, 3.05) is 6.54 Å². The number of hydrogen-bond donors (Lipinski definition) is 1. The van der Waals surface area contributed by atoms with Gasteiger partial charge >= 0.3 is 18.0 Å². The van der Waals surface area contributed by atoms with E-state index in [1.54, 1.807) is 30.9 Å². The Labute approximate surface area is 231 Å². The maximum Gasteiger partial charge on any atom is 0.407 e. The van der Waals surface area contributed by atoms with Gasteiger partial charge in [-0.3, -0.25) is 0 Å². The van der Waals surface area contributed by atoms with Gasteiger partial charge in [0.1, 0.15) is 6.61 Å². The first-order valence-corrected chi connectivity index (χ1v) is 13.6. The summed E-state index contributed by atoms with van der Waals surface area (Å²) in [6, 6.07) is 9.45. The Morgan fingerprint density at radius 3 is 2.12 bits per heavy atom. The summed E-state index contributed by atoms with van der Waals surface area (Å²) >= 11 is 0. The van der Waals surface area contributed by atoms with Crippen molar-refractivity contribution in [1.82, 2.24) is 24.0 Å². The molecule has 1 aromatic carbocycles. The van der Waals surface area contributed by atoms with Gasteiger partial charge in [0.2, 0.25) is 18.6 Å². The van der Waals surface area contributed by atoms with Crippen molar-refractivity contribution in [1.29, 1.82) is 0 Å². The molecule has 0 aliphatic carbocycles. The number of carbonyl (C=O) groups is 1. The molecule has 0 spiro atoms. The van der Waals surface area contributed by atoms with Gasteiger partial charge in [-0.15, -0.1) is 0 Å². The number of aryl methyl sites for hydroxylation is 5. The molecule has 3 heterocycles. The second-order valence-electron chi connectivity index (χ2n) is 9.69. The van der Waals surface area contributed by atoms with E-state index in [0.29, 0.717) is 45.7 Å². The summed E-state index contributed by atoms with van der Waals surface area (Å²) < 4.78 is 55.1. The van der Waals surface area contributed by atoms with E-state index in [9.17, 15) is 18.0 Å². The minimum atomic E-state index is -0.500.